The van der Waals surface area contributed by atoms with E-state index >= 15 is 0 Å². The second-order valence-electron chi connectivity index (χ2n) is 8.59. The summed E-state index contributed by atoms with van der Waals surface area (Å²) in [6, 6.07) is 19.1. The topological polar surface area (TPSA) is 166 Å². The molecule has 0 unspecified atom stereocenters. The molecule has 6 N–H and O–H groups in total. The highest BCUT2D eigenvalue weighted by atomic mass is 16.5. The van der Waals surface area contributed by atoms with Crippen molar-refractivity contribution in [1.82, 2.24) is 5.32 Å². The van der Waals surface area contributed by atoms with Crippen molar-refractivity contribution in [1.29, 1.82) is 0 Å². The highest BCUT2D eigenvalue weighted by Crippen LogP contribution is 2.22. The Morgan fingerprint density at radius 3 is 2.33 bits per heavy atom. The van der Waals surface area contributed by atoms with Gasteiger partial charge in [0.05, 0.1) is 31.5 Å². The van der Waals surface area contributed by atoms with Crippen molar-refractivity contribution in [2.75, 3.05) is 26.3 Å². The average molecular weight is 542 g/mol. The van der Waals surface area contributed by atoms with Gasteiger partial charge < -0.3 is 40.3 Å². The number of aliphatic hydroxyl groups is 2. The molecule has 0 spiro atoms. The Balaban J connectivity index is 0.00000124. The molecule has 3 aromatic rings. The number of carboxylic acid groups (broad SMARTS) is 2. The summed E-state index contributed by atoms with van der Waals surface area (Å²) in [5.41, 5.74) is 3.19. The highest BCUT2D eigenvalue weighted by Gasteiger charge is 2.10. The van der Waals surface area contributed by atoms with Gasteiger partial charge in [0.15, 0.2) is 0 Å². The molecule has 10 heteroatoms. The van der Waals surface area contributed by atoms with E-state index in [9.17, 15) is 20.1 Å². The van der Waals surface area contributed by atoms with Crippen LogP contribution in [0.1, 0.15) is 45.6 Å². The summed E-state index contributed by atoms with van der Waals surface area (Å²) >= 11 is 0. The van der Waals surface area contributed by atoms with Crippen LogP contribution in [0.5, 0.6) is 11.5 Å². The van der Waals surface area contributed by atoms with Crippen molar-refractivity contribution in [2.24, 2.45) is 0 Å². The molecule has 210 valence electrons. The number of hydrogen-bond donors (Lipinski definition) is 6. The van der Waals surface area contributed by atoms with E-state index in [-0.39, 0.29) is 17.9 Å². The molecule has 0 radical (unpaired) electrons. The molecule has 0 heterocycles. The van der Waals surface area contributed by atoms with Crippen molar-refractivity contribution in [2.45, 2.75) is 32.7 Å². The van der Waals surface area contributed by atoms with Crippen LogP contribution in [-0.4, -0.2) is 63.8 Å². The first kappa shape index (κ1) is 31.3. The smallest absolute Gasteiger partial charge is 0.335 e. The number of ether oxygens (including phenoxy) is 2. The maximum atomic E-state index is 11.0. The third-order valence-electron chi connectivity index (χ3n) is 5.45. The summed E-state index contributed by atoms with van der Waals surface area (Å²) in [5, 5.41) is 48.8. The fourth-order valence-corrected chi connectivity index (χ4v) is 3.48. The predicted octanol–water partition coefficient (Wildman–Crippen LogP) is 3.13. The number of carbonyl (C=O) groups is 2. The van der Waals surface area contributed by atoms with Crippen molar-refractivity contribution >= 4 is 11.9 Å². The lowest BCUT2D eigenvalue weighted by Crippen LogP contribution is -2.23. The van der Waals surface area contributed by atoms with Gasteiger partial charge in [-0.1, -0.05) is 30.3 Å². The molecule has 10 nitrogen and oxygen atoms in total. The van der Waals surface area contributed by atoms with E-state index in [1.165, 1.54) is 6.07 Å². The van der Waals surface area contributed by atoms with Crippen LogP contribution in [0.2, 0.25) is 0 Å². The fourth-order valence-electron chi connectivity index (χ4n) is 3.48. The van der Waals surface area contributed by atoms with Crippen molar-refractivity contribution in [3.63, 3.8) is 0 Å². The molecule has 0 bridgehead atoms. The zero-order valence-corrected chi connectivity index (χ0v) is 21.7. The Morgan fingerprint density at radius 2 is 1.67 bits per heavy atom. The molecule has 39 heavy (non-hydrogen) atoms. The van der Waals surface area contributed by atoms with Crippen molar-refractivity contribution in [3.8, 4) is 11.5 Å². The summed E-state index contributed by atoms with van der Waals surface area (Å²) in [6.45, 7) is 2.92. The standard InChI is InChI=1S/C27H31NO7.C2H4O2/c29-17-23-15-21(6-9-25(23)30)26(31)16-28-11-10-19-4-7-24(8-5-19)35-13-12-34-18-20-2-1-3-22(14-20)27(32)33;1-2(3)4/h1-9,14-15,26,28-31H,10-13,16-18H2,(H,32,33);1H3,(H,3,4)/t26-;/m0./s1. The van der Waals surface area contributed by atoms with E-state index in [1.807, 2.05) is 30.3 Å². The Morgan fingerprint density at radius 1 is 0.949 bits per heavy atom. The van der Waals surface area contributed by atoms with E-state index in [4.69, 9.17) is 24.5 Å². The van der Waals surface area contributed by atoms with Crippen LogP contribution >= 0.6 is 0 Å². The zero-order chi connectivity index (χ0) is 28.6. The largest absolute Gasteiger partial charge is 0.508 e. The predicted molar refractivity (Wildman–Crippen MR) is 144 cm³/mol. The van der Waals surface area contributed by atoms with Crippen molar-refractivity contribution in [3.05, 3.63) is 94.5 Å². The van der Waals surface area contributed by atoms with Crippen LogP contribution in [0.15, 0.2) is 66.7 Å². The number of phenols is 1. The maximum Gasteiger partial charge on any atom is 0.335 e. The molecule has 0 aliphatic rings. The molecular formula is C29H35NO9. The van der Waals surface area contributed by atoms with Crippen LogP contribution in [0, 0.1) is 0 Å². The molecule has 1 atom stereocenters. The summed E-state index contributed by atoms with van der Waals surface area (Å²) in [5.74, 6) is -1.04. The van der Waals surface area contributed by atoms with E-state index in [1.54, 1.807) is 30.3 Å². The van der Waals surface area contributed by atoms with Gasteiger partial charge in [-0.15, -0.1) is 0 Å². The number of carboxylic acids is 2. The Bertz CT molecular complexity index is 1180. The van der Waals surface area contributed by atoms with Crippen LogP contribution in [0.3, 0.4) is 0 Å². The number of aliphatic hydroxyl groups excluding tert-OH is 2. The second-order valence-corrected chi connectivity index (χ2v) is 8.59. The molecule has 3 aromatic carbocycles. The molecule has 0 saturated heterocycles. The van der Waals surface area contributed by atoms with Gasteiger partial charge in [-0.05, 0) is 66.1 Å². The van der Waals surface area contributed by atoms with Gasteiger partial charge in [-0.25, -0.2) is 4.79 Å². The monoisotopic (exact) mass is 541 g/mol. The first-order chi connectivity index (χ1) is 18.7. The number of nitrogens with one attached hydrogen (secondary N) is 1. The Labute approximate surface area is 227 Å². The molecule has 0 saturated carbocycles. The average Bonchev–Trinajstić information content (AvgIpc) is 2.91. The normalized spacial score (nSPS) is 11.3. The fraction of sp³-hybridized carbons (Fsp3) is 0.310. The van der Waals surface area contributed by atoms with Crippen LogP contribution in [-0.2, 0) is 29.2 Å². The molecule has 0 aliphatic heterocycles. The Kier molecular flexibility index (Phi) is 13.5. The SMILES string of the molecule is CC(=O)O.O=C(O)c1cccc(COCCOc2ccc(CCNC[C@H](O)c3ccc(O)c(CO)c3)cc2)c1. The molecule has 0 amide bonds. The van der Waals surface area contributed by atoms with E-state index in [0.29, 0.717) is 44.0 Å². The zero-order valence-electron chi connectivity index (χ0n) is 21.7. The van der Waals surface area contributed by atoms with Crippen molar-refractivity contribution < 1.29 is 44.6 Å². The van der Waals surface area contributed by atoms with Gasteiger partial charge in [0.25, 0.3) is 5.97 Å². The van der Waals surface area contributed by atoms with Crippen LogP contribution in [0.25, 0.3) is 0 Å². The molecular weight excluding hydrogens is 506 g/mol. The molecule has 0 aliphatic carbocycles. The van der Waals surface area contributed by atoms with Gasteiger partial charge in [-0.3, -0.25) is 4.79 Å². The summed E-state index contributed by atoms with van der Waals surface area (Å²) in [4.78, 5) is 20.0. The summed E-state index contributed by atoms with van der Waals surface area (Å²) < 4.78 is 11.3. The quantitative estimate of drug-likeness (QED) is 0.167. The lowest BCUT2D eigenvalue weighted by molar-refractivity contribution is -0.134. The maximum absolute atomic E-state index is 11.0. The van der Waals surface area contributed by atoms with Crippen LogP contribution in [0.4, 0.5) is 0 Å². The summed E-state index contributed by atoms with van der Waals surface area (Å²) in [7, 11) is 0. The van der Waals surface area contributed by atoms with Gasteiger partial charge in [-0.2, -0.15) is 0 Å². The van der Waals surface area contributed by atoms with Crippen LogP contribution < -0.4 is 10.1 Å². The second kappa shape index (κ2) is 16.8. The number of aromatic carboxylic acids is 1. The minimum Gasteiger partial charge on any atom is -0.508 e. The third kappa shape index (κ3) is 12.0. The van der Waals surface area contributed by atoms with E-state index in [2.05, 4.69) is 5.32 Å². The molecule has 0 aromatic heterocycles. The molecule has 0 fully saturated rings. The number of hydrogen-bond acceptors (Lipinski definition) is 8. The first-order valence-corrected chi connectivity index (χ1v) is 12.3. The van der Waals surface area contributed by atoms with E-state index < -0.39 is 18.0 Å². The lowest BCUT2D eigenvalue weighted by atomic mass is 10.1. The lowest BCUT2D eigenvalue weighted by Gasteiger charge is -2.14. The first-order valence-electron chi connectivity index (χ1n) is 12.3. The van der Waals surface area contributed by atoms with Gasteiger partial charge >= 0.3 is 5.97 Å². The molecule has 3 rings (SSSR count). The minimum atomic E-state index is -0.960. The number of rotatable bonds is 14. The Hall–Kier alpha value is -3.96. The van der Waals surface area contributed by atoms with Gasteiger partial charge in [0.2, 0.25) is 0 Å². The number of aliphatic carboxylic acids is 1. The third-order valence-corrected chi connectivity index (χ3v) is 5.45. The minimum absolute atomic E-state index is 0.0135. The number of aromatic hydroxyl groups is 1. The van der Waals surface area contributed by atoms with E-state index in [0.717, 1.165) is 30.2 Å². The van der Waals surface area contributed by atoms with Gasteiger partial charge in [0.1, 0.15) is 18.1 Å². The highest BCUT2D eigenvalue weighted by molar-refractivity contribution is 5.87. The number of benzene rings is 3. The van der Waals surface area contributed by atoms with Gasteiger partial charge in [0, 0.05) is 19.0 Å². The summed E-state index contributed by atoms with van der Waals surface area (Å²) in [6.07, 6.45) is 0.0446.